The van der Waals surface area contributed by atoms with Gasteiger partial charge in [-0.3, -0.25) is 4.68 Å². The summed E-state index contributed by atoms with van der Waals surface area (Å²) >= 11 is 0. The number of benzene rings is 1. The molecule has 0 aliphatic heterocycles. The highest BCUT2D eigenvalue weighted by Gasteiger charge is 2.16. The molecule has 1 unspecified atom stereocenters. The first kappa shape index (κ1) is 18.6. The maximum Gasteiger partial charge on any atom is 0.317 e. The number of nitrogens with one attached hydrogen (secondary N) is 1. The van der Waals surface area contributed by atoms with Crippen LogP contribution in [0.3, 0.4) is 0 Å². The molecule has 2 heterocycles. The lowest BCUT2D eigenvalue weighted by atomic mass is 10.2. The number of nitrogens with zero attached hydrogens (tertiary/aromatic N) is 5. The van der Waals surface area contributed by atoms with Gasteiger partial charge in [-0.15, -0.1) is 10.2 Å². The molecule has 3 aromatic rings. The molecule has 1 atom stereocenters. The Morgan fingerprint density at radius 1 is 1.26 bits per heavy atom. The Morgan fingerprint density at radius 3 is 2.67 bits per heavy atom. The fourth-order valence-electron chi connectivity index (χ4n) is 2.84. The van der Waals surface area contributed by atoms with Crippen LogP contribution in [0.5, 0.6) is 0 Å². The van der Waals surface area contributed by atoms with Crippen LogP contribution in [0.2, 0.25) is 0 Å². The summed E-state index contributed by atoms with van der Waals surface area (Å²) in [6.45, 7) is 6.69. The van der Waals surface area contributed by atoms with E-state index < -0.39 is 0 Å². The fraction of sp³-hybridized carbons (Fsp3) is 0.368. The van der Waals surface area contributed by atoms with Crippen molar-refractivity contribution < 1.29 is 9.21 Å². The minimum atomic E-state index is -0.206. The normalized spacial score (nSPS) is 12.0. The van der Waals surface area contributed by atoms with Crippen LogP contribution < -0.4 is 5.32 Å². The molecule has 0 bridgehead atoms. The number of urea groups is 1. The number of carbonyl (C=O) groups is 1. The molecule has 0 saturated heterocycles. The molecule has 1 aromatic carbocycles. The van der Waals surface area contributed by atoms with Gasteiger partial charge in [-0.25, -0.2) is 4.79 Å². The van der Waals surface area contributed by atoms with Crippen LogP contribution in [0.15, 0.2) is 40.8 Å². The van der Waals surface area contributed by atoms with E-state index in [0.29, 0.717) is 18.3 Å². The van der Waals surface area contributed by atoms with Gasteiger partial charge < -0.3 is 14.6 Å². The SMILES string of the molecule is Cc1cc(C)n(C(C)CNC(=O)N(C)Cc2nnc(-c3ccccc3)o2)n1. The van der Waals surface area contributed by atoms with Crippen LogP contribution >= 0.6 is 0 Å². The highest BCUT2D eigenvalue weighted by Crippen LogP contribution is 2.17. The van der Waals surface area contributed by atoms with Gasteiger partial charge in [-0.05, 0) is 39.0 Å². The molecule has 0 aliphatic carbocycles. The van der Waals surface area contributed by atoms with Crippen molar-refractivity contribution in [2.24, 2.45) is 0 Å². The Labute approximate surface area is 158 Å². The maximum atomic E-state index is 12.3. The zero-order chi connectivity index (χ0) is 19.4. The van der Waals surface area contributed by atoms with Gasteiger partial charge in [-0.1, -0.05) is 18.2 Å². The van der Waals surface area contributed by atoms with E-state index in [0.717, 1.165) is 17.0 Å². The van der Waals surface area contributed by atoms with Crippen LogP contribution in [0.4, 0.5) is 4.79 Å². The summed E-state index contributed by atoms with van der Waals surface area (Å²) < 4.78 is 7.56. The molecule has 27 heavy (non-hydrogen) atoms. The fourth-order valence-corrected chi connectivity index (χ4v) is 2.84. The minimum Gasteiger partial charge on any atom is -0.419 e. The van der Waals surface area contributed by atoms with Crippen molar-refractivity contribution in [2.45, 2.75) is 33.4 Å². The molecule has 0 fully saturated rings. The Bertz CT molecular complexity index is 902. The summed E-state index contributed by atoms with van der Waals surface area (Å²) in [4.78, 5) is 13.9. The molecule has 3 rings (SSSR count). The topological polar surface area (TPSA) is 89.1 Å². The van der Waals surface area contributed by atoms with Gasteiger partial charge in [-0.2, -0.15) is 5.10 Å². The van der Waals surface area contributed by atoms with Crippen LogP contribution in [-0.2, 0) is 6.54 Å². The first-order chi connectivity index (χ1) is 12.9. The molecule has 0 aliphatic rings. The smallest absolute Gasteiger partial charge is 0.317 e. The third-order valence-electron chi connectivity index (χ3n) is 4.22. The predicted molar refractivity (Wildman–Crippen MR) is 101 cm³/mol. The van der Waals surface area contributed by atoms with Crippen LogP contribution in [-0.4, -0.2) is 44.5 Å². The van der Waals surface area contributed by atoms with Crippen LogP contribution in [0.1, 0.15) is 30.2 Å². The van der Waals surface area contributed by atoms with Crippen molar-refractivity contribution in [3.8, 4) is 11.5 Å². The molecule has 142 valence electrons. The number of hydrogen-bond acceptors (Lipinski definition) is 5. The maximum absolute atomic E-state index is 12.3. The number of aromatic nitrogens is 4. The van der Waals surface area contributed by atoms with Crippen LogP contribution in [0, 0.1) is 13.8 Å². The van der Waals surface area contributed by atoms with Crippen molar-refractivity contribution in [3.05, 3.63) is 53.7 Å². The van der Waals surface area contributed by atoms with Crippen molar-refractivity contribution in [1.29, 1.82) is 0 Å². The number of rotatable bonds is 6. The average molecular weight is 368 g/mol. The van der Waals surface area contributed by atoms with Gasteiger partial charge in [0, 0.05) is 24.8 Å². The third kappa shape index (κ3) is 4.52. The number of amides is 2. The van der Waals surface area contributed by atoms with Gasteiger partial charge in [0.25, 0.3) is 0 Å². The van der Waals surface area contributed by atoms with Gasteiger partial charge in [0.2, 0.25) is 11.8 Å². The lowest BCUT2D eigenvalue weighted by molar-refractivity contribution is 0.200. The summed E-state index contributed by atoms with van der Waals surface area (Å²) in [6, 6.07) is 11.4. The number of hydrogen-bond donors (Lipinski definition) is 1. The zero-order valence-electron chi connectivity index (χ0n) is 16.0. The van der Waals surface area contributed by atoms with E-state index in [1.807, 2.05) is 61.9 Å². The highest BCUT2D eigenvalue weighted by molar-refractivity contribution is 5.73. The first-order valence-electron chi connectivity index (χ1n) is 8.83. The highest BCUT2D eigenvalue weighted by atomic mass is 16.4. The summed E-state index contributed by atoms with van der Waals surface area (Å²) in [5.74, 6) is 0.829. The number of carbonyl (C=O) groups excluding carboxylic acids is 1. The van der Waals surface area contributed by atoms with E-state index in [9.17, 15) is 4.79 Å². The molecule has 1 N–H and O–H groups in total. The summed E-state index contributed by atoms with van der Waals surface area (Å²) in [5, 5.41) is 15.4. The van der Waals surface area contributed by atoms with E-state index >= 15 is 0 Å². The average Bonchev–Trinajstić information content (AvgIpc) is 3.26. The monoisotopic (exact) mass is 368 g/mol. The molecule has 8 nitrogen and oxygen atoms in total. The molecular weight excluding hydrogens is 344 g/mol. The second-order valence-electron chi connectivity index (χ2n) is 6.63. The third-order valence-corrected chi connectivity index (χ3v) is 4.22. The van der Waals surface area contributed by atoms with Crippen LogP contribution in [0.25, 0.3) is 11.5 Å². The lowest BCUT2D eigenvalue weighted by Gasteiger charge is -2.19. The predicted octanol–water partition coefficient (Wildman–Crippen LogP) is 2.95. The lowest BCUT2D eigenvalue weighted by Crippen LogP contribution is -2.39. The first-order valence-corrected chi connectivity index (χ1v) is 8.83. The molecule has 2 aromatic heterocycles. The Balaban J connectivity index is 1.53. The van der Waals surface area contributed by atoms with Gasteiger partial charge in [0.15, 0.2) is 0 Å². The minimum absolute atomic E-state index is 0.0594. The Kier molecular flexibility index (Phi) is 5.54. The molecule has 0 radical (unpaired) electrons. The van der Waals surface area contributed by atoms with Gasteiger partial charge in [0.05, 0.1) is 11.7 Å². The Hall–Kier alpha value is -3.16. The molecular formula is C19H24N6O2. The largest absolute Gasteiger partial charge is 0.419 e. The van der Waals surface area contributed by atoms with E-state index in [4.69, 9.17) is 4.42 Å². The summed E-state index contributed by atoms with van der Waals surface area (Å²) in [7, 11) is 1.69. The van der Waals surface area contributed by atoms with Crippen molar-refractivity contribution in [1.82, 2.24) is 30.2 Å². The zero-order valence-corrected chi connectivity index (χ0v) is 16.0. The Morgan fingerprint density at radius 2 is 2.00 bits per heavy atom. The van der Waals surface area contributed by atoms with Crippen molar-refractivity contribution in [3.63, 3.8) is 0 Å². The van der Waals surface area contributed by atoms with E-state index in [1.54, 1.807) is 7.05 Å². The summed E-state index contributed by atoms with van der Waals surface area (Å²) in [6.07, 6.45) is 0. The molecule has 2 amide bonds. The second-order valence-corrected chi connectivity index (χ2v) is 6.63. The van der Waals surface area contributed by atoms with Gasteiger partial charge in [0.1, 0.15) is 6.54 Å². The quantitative estimate of drug-likeness (QED) is 0.722. The summed E-state index contributed by atoms with van der Waals surface area (Å²) in [5.41, 5.74) is 2.89. The number of aryl methyl sites for hydroxylation is 2. The van der Waals surface area contributed by atoms with Gasteiger partial charge >= 0.3 is 6.03 Å². The van der Waals surface area contributed by atoms with E-state index in [-0.39, 0.29) is 18.6 Å². The standard InChI is InChI=1S/C19H24N6O2/c1-13-10-14(2)25(23-13)15(3)11-20-19(26)24(4)12-17-21-22-18(27-17)16-8-6-5-7-9-16/h5-10,15H,11-12H2,1-4H3,(H,20,26). The van der Waals surface area contributed by atoms with E-state index in [2.05, 4.69) is 20.6 Å². The molecule has 0 saturated carbocycles. The molecule has 0 spiro atoms. The van der Waals surface area contributed by atoms with E-state index in [1.165, 1.54) is 4.90 Å². The van der Waals surface area contributed by atoms with Crippen molar-refractivity contribution in [2.75, 3.05) is 13.6 Å². The van der Waals surface area contributed by atoms with Crippen molar-refractivity contribution >= 4 is 6.03 Å². The second kappa shape index (κ2) is 8.03. The molecule has 8 heteroatoms.